The predicted octanol–water partition coefficient (Wildman–Crippen LogP) is 0.694. The number of amides is 1. The van der Waals surface area contributed by atoms with Crippen molar-refractivity contribution in [1.82, 2.24) is 20.5 Å². The fourth-order valence-corrected chi connectivity index (χ4v) is 2.12. The van der Waals surface area contributed by atoms with Crippen molar-refractivity contribution in [3.63, 3.8) is 0 Å². The van der Waals surface area contributed by atoms with Gasteiger partial charge in [-0.05, 0) is 6.07 Å². The molecule has 2 aromatic rings. The second-order valence-corrected chi connectivity index (χ2v) is 5.16. The van der Waals surface area contributed by atoms with Crippen LogP contribution in [-0.4, -0.2) is 46.9 Å². The van der Waals surface area contributed by atoms with Gasteiger partial charge in [-0.2, -0.15) is 5.10 Å². The van der Waals surface area contributed by atoms with Crippen LogP contribution >= 0.6 is 0 Å². The van der Waals surface area contributed by atoms with E-state index in [1.807, 2.05) is 38.1 Å². The summed E-state index contributed by atoms with van der Waals surface area (Å²) in [5, 5.41) is 11.8. The third kappa shape index (κ3) is 4.71. The molecule has 1 aromatic heterocycles. The number of aromatic amines is 1. The van der Waals surface area contributed by atoms with Gasteiger partial charge >= 0.3 is 0 Å². The Kier molecular flexibility index (Phi) is 6.16. The second-order valence-electron chi connectivity index (χ2n) is 5.16. The molecular formula is C16H24N6O2. The first kappa shape index (κ1) is 17.8. The molecule has 6 N–H and O–H groups in total. The van der Waals surface area contributed by atoms with Crippen molar-refractivity contribution in [2.75, 3.05) is 19.7 Å². The molecule has 1 saturated heterocycles. The molecule has 0 radical (unpaired) electrons. The van der Waals surface area contributed by atoms with Crippen LogP contribution in [0, 0.1) is 0 Å². The van der Waals surface area contributed by atoms with Crippen LogP contribution in [0.1, 0.15) is 24.3 Å². The number of ether oxygens (including phenoxy) is 1. The molecule has 1 fully saturated rings. The fraction of sp³-hybridized carbons (Fsp3) is 0.375. The van der Waals surface area contributed by atoms with Crippen LogP contribution in [0.5, 0.6) is 0 Å². The topological polar surface area (TPSA) is 126 Å². The van der Waals surface area contributed by atoms with Crippen molar-refractivity contribution in [1.29, 1.82) is 0 Å². The molecule has 130 valence electrons. The highest BCUT2D eigenvalue weighted by molar-refractivity contribution is 6.04. The zero-order valence-electron chi connectivity index (χ0n) is 14.0. The number of carbonyl (C=O) groups excluding carboxylic acids is 1. The van der Waals surface area contributed by atoms with Crippen LogP contribution in [0.15, 0.2) is 36.2 Å². The molecule has 0 spiro atoms. The maximum atomic E-state index is 12.2. The van der Waals surface area contributed by atoms with Crippen molar-refractivity contribution in [3.05, 3.63) is 41.9 Å². The van der Waals surface area contributed by atoms with E-state index in [9.17, 15) is 4.79 Å². The van der Waals surface area contributed by atoms with Gasteiger partial charge in [-0.15, -0.1) is 0 Å². The minimum absolute atomic E-state index is 0.180. The number of epoxide rings is 1. The Balaban J connectivity index is 0.00000100. The molecule has 3 rings (SSSR count). The zero-order chi connectivity index (χ0) is 17.5. The summed E-state index contributed by atoms with van der Waals surface area (Å²) in [5.41, 5.74) is 7.46. The van der Waals surface area contributed by atoms with Crippen LogP contribution in [0.3, 0.4) is 0 Å². The highest BCUT2D eigenvalue weighted by atomic mass is 16.6. The molecule has 0 saturated carbocycles. The fourth-order valence-electron chi connectivity index (χ4n) is 2.12. The van der Waals surface area contributed by atoms with Crippen molar-refractivity contribution in [2.24, 2.45) is 11.6 Å². The Hall–Kier alpha value is -2.58. The number of para-hydroxylation sites is 1. The Morgan fingerprint density at radius 3 is 2.92 bits per heavy atom. The lowest BCUT2D eigenvalue weighted by Gasteiger charge is -2.13. The largest absolute Gasteiger partial charge is 0.399 e. The van der Waals surface area contributed by atoms with Gasteiger partial charge in [0, 0.05) is 17.3 Å². The standard InChI is InChI=1S/C14H18N6O2.C2H6/c15-9(6-20(16)7-10-8-22-10)5-17-14(21)13-11-3-1-2-4-12(11)18-19-13;1-2/h1-4,6,10H,5,7-8,15-16H2,(H,17,21)(H,18,19);1-2H3/b9-6-;. The molecule has 1 amide bonds. The molecule has 8 nitrogen and oxygen atoms in total. The number of hydrogen-bond acceptors (Lipinski definition) is 6. The Morgan fingerprint density at radius 2 is 2.21 bits per heavy atom. The summed E-state index contributed by atoms with van der Waals surface area (Å²) in [6, 6.07) is 7.43. The van der Waals surface area contributed by atoms with E-state index in [0.717, 1.165) is 17.5 Å². The van der Waals surface area contributed by atoms with Crippen LogP contribution < -0.4 is 16.9 Å². The number of hydrazine groups is 1. The van der Waals surface area contributed by atoms with Gasteiger partial charge in [0.05, 0.1) is 31.3 Å². The molecule has 24 heavy (non-hydrogen) atoms. The van der Waals surface area contributed by atoms with E-state index in [2.05, 4.69) is 15.5 Å². The number of fused-ring (bicyclic) bond motifs is 1. The first-order valence-electron chi connectivity index (χ1n) is 7.94. The number of rotatable bonds is 6. The van der Waals surface area contributed by atoms with Crippen LogP contribution in [-0.2, 0) is 4.74 Å². The first-order valence-corrected chi connectivity index (χ1v) is 7.94. The highest BCUT2D eigenvalue weighted by Crippen LogP contribution is 2.14. The summed E-state index contributed by atoms with van der Waals surface area (Å²) in [6.07, 6.45) is 1.77. The number of H-pyrrole nitrogens is 1. The van der Waals surface area contributed by atoms with Crippen LogP contribution in [0.4, 0.5) is 0 Å². The van der Waals surface area contributed by atoms with E-state index in [1.54, 1.807) is 6.20 Å². The Bertz CT molecular complexity index is 707. The molecule has 2 heterocycles. The van der Waals surface area contributed by atoms with E-state index in [1.165, 1.54) is 5.01 Å². The third-order valence-corrected chi connectivity index (χ3v) is 3.29. The monoisotopic (exact) mass is 332 g/mol. The lowest BCUT2D eigenvalue weighted by molar-refractivity contribution is 0.0953. The SMILES string of the molecule is CC.N/C(=C\N(N)CC1CO1)CNC(=O)c1n[nH]c2ccccc12. The summed E-state index contributed by atoms with van der Waals surface area (Å²) < 4.78 is 5.08. The van der Waals surface area contributed by atoms with Gasteiger partial charge in [-0.3, -0.25) is 9.89 Å². The van der Waals surface area contributed by atoms with Gasteiger partial charge in [-0.1, -0.05) is 32.0 Å². The zero-order valence-corrected chi connectivity index (χ0v) is 14.0. The number of benzene rings is 1. The lowest BCUT2D eigenvalue weighted by Crippen LogP contribution is -2.33. The Morgan fingerprint density at radius 1 is 1.50 bits per heavy atom. The predicted molar refractivity (Wildman–Crippen MR) is 92.7 cm³/mol. The number of nitrogens with two attached hydrogens (primary N) is 2. The summed E-state index contributed by atoms with van der Waals surface area (Å²) in [5.74, 6) is 5.47. The minimum Gasteiger partial charge on any atom is -0.399 e. The highest BCUT2D eigenvalue weighted by Gasteiger charge is 2.23. The molecule has 1 aliphatic heterocycles. The lowest BCUT2D eigenvalue weighted by atomic mass is 10.2. The van der Waals surface area contributed by atoms with E-state index in [4.69, 9.17) is 16.3 Å². The van der Waals surface area contributed by atoms with Crippen molar-refractivity contribution in [3.8, 4) is 0 Å². The third-order valence-electron chi connectivity index (χ3n) is 3.29. The summed E-state index contributed by atoms with van der Waals surface area (Å²) >= 11 is 0. The first-order chi connectivity index (χ1) is 11.6. The van der Waals surface area contributed by atoms with E-state index in [-0.39, 0.29) is 18.6 Å². The normalized spacial score (nSPS) is 16.3. The van der Waals surface area contributed by atoms with Crippen LogP contribution in [0.25, 0.3) is 10.9 Å². The molecule has 1 aromatic carbocycles. The van der Waals surface area contributed by atoms with Crippen LogP contribution in [0.2, 0.25) is 0 Å². The van der Waals surface area contributed by atoms with Gasteiger partial charge in [0.2, 0.25) is 0 Å². The van der Waals surface area contributed by atoms with E-state index in [0.29, 0.717) is 17.9 Å². The number of aromatic nitrogens is 2. The molecule has 1 aliphatic rings. The molecular weight excluding hydrogens is 308 g/mol. The van der Waals surface area contributed by atoms with Crippen molar-refractivity contribution < 1.29 is 9.53 Å². The summed E-state index contributed by atoms with van der Waals surface area (Å²) in [7, 11) is 0. The Labute approximate surface area is 140 Å². The van der Waals surface area contributed by atoms with Gasteiger partial charge in [0.25, 0.3) is 5.91 Å². The molecule has 1 atom stereocenters. The van der Waals surface area contributed by atoms with Gasteiger partial charge in [0.1, 0.15) is 0 Å². The summed E-state index contributed by atoms with van der Waals surface area (Å²) in [4.78, 5) is 12.2. The van der Waals surface area contributed by atoms with Crippen molar-refractivity contribution >= 4 is 16.8 Å². The van der Waals surface area contributed by atoms with Gasteiger partial charge < -0.3 is 20.8 Å². The average Bonchev–Trinajstić information content (AvgIpc) is 3.29. The molecule has 8 heteroatoms. The van der Waals surface area contributed by atoms with E-state index < -0.39 is 0 Å². The average molecular weight is 332 g/mol. The molecule has 0 aliphatic carbocycles. The number of hydrogen-bond donors (Lipinski definition) is 4. The van der Waals surface area contributed by atoms with Crippen molar-refractivity contribution in [2.45, 2.75) is 20.0 Å². The van der Waals surface area contributed by atoms with Gasteiger partial charge in [0.15, 0.2) is 5.69 Å². The quantitative estimate of drug-likeness (QED) is 0.350. The second kappa shape index (κ2) is 8.32. The smallest absolute Gasteiger partial charge is 0.272 e. The minimum atomic E-state index is -0.289. The maximum absolute atomic E-state index is 12.2. The van der Waals surface area contributed by atoms with Gasteiger partial charge in [-0.25, -0.2) is 5.84 Å². The molecule has 0 bridgehead atoms. The number of nitrogens with zero attached hydrogens (tertiary/aromatic N) is 2. The maximum Gasteiger partial charge on any atom is 0.272 e. The number of carbonyl (C=O) groups is 1. The van der Waals surface area contributed by atoms with E-state index >= 15 is 0 Å². The number of nitrogens with one attached hydrogen (secondary N) is 2. The summed E-state index contributed by atoms with van der Waals surface area (Å²) in [6.45, 7) is 5.50. The molecule has 1 unspecified atom stereocenters.